The molecular formula is C25H27N3O5S. The molecule has 3 heterocycles. The fourth-order valence-corrected chi connectivity index (χ4v) is 5.78. The lowest BCUT2D eigenvalue weighted by Gasteiger charge is -2.36. The molecule has 1 fully saturated rings. The molecule has 0 unspecified atom stereocenters. The Kier molecular flexibility index (Phi) is 6.16. The molecule has 0 aliphatic carbocycles. The number of nitrogens with zero attached hydrogens (tertiary/aromatic N) is 2. The van der Waals surface area contributed by atoms with Crippen molar-refractivity contribution in [2.24, 2.45) is 0 Å². The summed E-state index contributed by atoms with van der Waals surface area (Å²) in [6.07, 6.45) is 0.399. The Bertz CT molecular complexity index is 1280. The van der Waals surface area contributed by atoms with Crippen LogP contribution in [0.1, 0.15) is 35.6 Å². The van der Waals surface area contributed by atoms with E-state index >= 15 is 0 Å². The monoisotopic (exact) mass is 481 g/mol. The van der Waals surface area contributed by atoms with E-state index < -0.39 is 16.2 Å². The van der Waals surface area contributed by atoms with Crippen molar-refractivity contribution in [3.63, 3.8) is 0 Å². The number of furan rings is 1. The second-order valence-electron chi connectivity index (χ2n) is 8.33. The number of nitrogens with one attached hydrogen (secondary N) is 1. The van der Waals surface area contributed by atoms with Gasteiger partial charge in [0.05, 0.1) is 23.7 Å². The Labute approximate surface area is 199 Å². The molecule has 8 nitrogen and oxygen atoms in total. The van der Waals surface area contributed by atoms with Crippen molar-refractivity contribution < 1.29 is 22.4 Å². The first-order valence-corrected chi connectivity index (χ1v) is 12.9. The standard InChI is InChI=1S/C25H27N3O5S/c1-2-13-28-24(26-21-6-4-3-5-20(21)25(28)29)23-12-11-22(33-23)18-7-9-19(10-8-18)34(30,31)27-14-16-32-17-15-27/h3-12,24,26H,2,13-17H2,1H3/t24-/m0/s1. The molecule has 1 saturated heterocycles. The van der Waals surface area contributed by atoms with Crippen molar-refractivity contribution in [3.8, 4) is 11.3 Å². The van der Waals surface area contributed by atoms with Gasteiger partial charge < -0.3 is 19.4 Å². The highest BCUT2D eigenvalue weighted by Gasteiger charge is 2.34. The summed E-state index contributed by atoms with van der Waals surface area (Å²) >= 11 is 0. The van der Waals surface area contributed by atoms with Crippen molar-refractivity contribution in [1.82, 2.24) is 9.21 Å². The van der Waals surface area contributed by atoms with Crippen LogP contribution in [-0.2, 0) is 14.8 Å². The molecule has 1 N–H and O–H groups in total. The van der Waals surface area contributed by atoms with Crippen LogP contribution in [-0.4, -0.2) is 56.4 Å². The second kappa shape index (κ2) is 9.25. The van der Waals surface area contributed by atoms with Crippen molar-refractivity contribution in [3.05, 3.63) is 72.0 Å². The minimum absolute atomic E-state index is 0.0307. The Morgan fingerprint density at radius 1 is 1.00 bits per heavy atom. The van der Waals surface area contributed by atoms with Crippen LogP contribution in [0.5, 0.6) is 0 Å². The lowest BCUT2D eigenvalue weighted by atomic mass is 10.1. The SMILES string of the molecule is CCCN1C(=O)c2ccccc2N[C@@H]1c1ccc(-c2ccc(S(=O)(=O)N3CCOCC3)cc2)o1. The van der Waals surface area contributed by atoms with Crippen LogP contribution in [0.4, 0.5) is 5.69 Å². The molecule has 1 atom stereocenters. The Hall–Kier alpha value is -3.14. The van der Waals surface area contributed by atoms with Crippen molar-refractivity contribution in [2.45, 2.75) is 24.4 Å². The van der Waals surface area contributed by atoms with Gasteiger partial charge in [-0.05, 0) is 55.0 Å². The number of ether oxygens (including phenoxy) is 1. The predicted octanol–water partition coefficient (Wildman–Crippen LogP) is 3.94. The minimum atomic E-state index is -3.55. The minimum Gasteiger partial charge on any atom is -0.457 e. The molecule has 0 bridgehead atoms. The molecule has 5 rings (SSSR count). The molecule has 34 heavy (non-hydrogen) atoms. The number of anilines is 1. The van der Waals surface area contributed by atoms with E-state index in [1.165, 1.54) is 4.31 Å². The van der Waals surface area contributed by atoms with Gasteiger partial charge in [-0.2, -0.15) is 4.31 Å². The van der Waals surface area contributed by atoms with Crippen molar-refractivity contribution >= 4 is 21.6 Å². The molecule has 0 spiro atoms. The number of morpholine rings is 1. The molecule has 2 aliphatic rings. The number of para-hydroxylation sites is 1. The van der Waals surface area contributed by atoms with E-state index in [1.807, 2.05) is 43.3 Å². The summed E-state index contributed by atoms with van der Waals surface area (Å²) in [7, 11) is -3.55. The second-order valence-corrected chi connectivity index (χ2v) is 10.3. The fourth-order valence-electron chi connectivity index (χ4n) is 4.37. The highest BCUT2D eigenvalue weighted by atomic mass is 32.2. The third-order valence-electron chi connectivity index (χ3n) is 6.13. The fraction of sp³-hybridized carbons (Fsp3) is 0.320. The highest BCUT2D eigenvalue weighted by Crippen LogP contribution is 2.35. The number of rotatable bonds is 6. The van der Waals surface area contributed by atoms with Gasteiger partial charge in [0.15, 0.2) is 6.17 Å². The number of benzene rings is 2. The van der Waals surface area contributed by atoms with E-state index in [9.17, 15) is 13.2 Å². The Balaban J connectivity index is 1.40. The Morgan fingerprint density at radius 3 is 2.47 bits per heavy atom. The van der Waals surface area contributed by atoms with E-state index in [0.717, 1.165) is 17.7 Å². The summed E-state index contributed by atoms with van der Waals surface area (Å²) in [5.74, 6) is 1.20. The average Bonchev–Trinajstić information content (AvgIpc) is 3.36. The van der Waals surface area contributed by atoms with Gasteiger partial charge in [0.1, 0.15) is 11.5 Å². The molecule has 9 heteroatoms. The summed E-state index contributed by atoms with van der Waals surface area (Å²) in [6.45, 7) is 4.15. The number of sulfonamides is 1. The molecule has 0 radical (unpaired) electrons. The van der Waals surface area contributed by atoms with Crippen LogP contribution in [0.3, 0.4) is 0 Å². The quantitative estimate of drug-likeness (QED) is 0.573. The summed E-state index contributed by atoms with van der Waals surface area (Å²) in [4.78, 5) is 15.1. The van der Waals surface area contributed by atoms with Crippen LogP contribution in [0.15, 0.2) is 70.0 Å². The van der Waals surface area contributed by atoms with Crippen LogP contribution < -0.4 is 5.32 Å². The first kappa shape index (κ1) is 22.6. The highest BCUT2D eigenvalue weighted by molar-refractivity contribution is 7.89. The zero-order valence-corrected chi connectivity index (χ0v) is 19.8. The van der Waals surface area contributed by atoms with Gasteiger partial charge in [-0.15, -0.1) is 0 Å². The summed E-state index contributed by atoms with van der Waals surface area (Å²) in [5.41, 5.74) is 2.19. The van der Waals surface area contributed by atoms with Crippen LogP contribution in [0.25, 0.3) is 11.3 Å². The zero-order valence-electron chi connectivity index (χ0n) is 18.9. The Morgan fingerprint density at radius 2 is 1.74 bits per heavy atom. The molecule has 3 aromatic rings. The largest absolute Gasteiger partial charge is 0.457 e. The van der Waals surface area contributed by atoms with Gasteiger partial charge in [-0.1, -0.05) is 19.1 Å². The van der Waals surface area contributed by atoms with Gasteiger partial charge >= 0.3 is 0 Å². The van der Waals surface area contributed by atoms with Gasteiger partial charge in [0.2, 0.25) is 10.0 Å². The topological polar surface area (TPSA) is 92.1 Å². The molecule has 2 aromatic carbocycles. The molecule has 1 amide bonds. The maximum Gasteiger partial charge on any atom is 0.257 e. The van der Waals surface area contributed by atoms with E-state index in [4.69, 9.17) is 9.15 Å². The zero-order chi connectivity index (χ0) is 23.7. The summed E-state index contributed by atoms with van der Waals surface area (Å²) < 4.78 is 38.6. The van der Waals surface area contributed by atoms with E-state index in [2.05, 4.69) is 5.32 Å². The van der Waals surface area contributed by atoms with Crippen molar-refractivity contribution in [2.75, 3.05) is 38.2 Å². The van der Waals surface area contributed by atoms with Crippen LogP contribution in [0, 0.1) is 0 Å². The van der Waals surface area contributed by atoms with Gasteiger partial charge in [-0.25, -0.2) is 8.42 Å². The van der Waals surface area contributed by atoms with Crippen LogP contribution in [0.2, 0.25) is 0 Å². The van der Waals surface area contributed by atoms with Gasteiger partial charge in [0.25, 0.3) is 5.91 Å². The number of hydrogen-bond acceptors (Lipinski definition) is 6. The number of fused-ring (bicyclic) bond motifs is 1. The summed E-state index contributed by atoms with van der Waals surface area (Å²) in [6, 6.07) is 17.9. The average molecular weight is 482 g/mol. The molecule has 1 aromatic heterocycles. The van der Waals surface area contributed by atoms with E-state index in [1.54, 1.807) is 29.2 Å². The predicted molar refractivity (Wildman–Crippen MR) is 128 cm³/mol. The third kappa shape index (κ3) is 4.11. The lowest BCUT2D eigenvalue weighted by Crippen LogP contribution is -2.43. The molecule has 178 valence electrons. The van der Waals surface area contributed by atoms with Gasteiger partial charge in [0, 0.05) is 30.9 Å². The molecule has 0 saturated carbocycles. The lowest BCUT2D eigenvalue weighted by molar-refractivity contribution is 0.0664. The smallest absolute Gasteiger partial charge is 0.257 e. The molecular weight excluding hydrogens is 454 g/mol. The van der Waals surface area contributed by atoms with Gasteiger partial charge in [-0.3, -0.25) is 4.79 Å². The van der Waals surface area contributed by atoms with Crippen LogP contribution >= 0.6 is 0 Å². The van der Waals surface area contributed by atoms with E-state index in [0.29, 0.717) is 49.9 Å². The first-order chi connectivity index (χ1) is 16.5. The number of amides is 1. The molecule has 2 aliphatic heterocycles. The third-order valence-corrected chi connectivity index (χ3v) is 8.04. The normalized spacial score (nSPS) is 19.0. The maximum absolute atomic E-state index is 13.1. The number of carbonyl (C=O) groups is 1. The van der Waals surface area contributed by atoms with Crippen molar-refractivity contribution in [1.29, 1.82) is 0 Å². The van der Waals surface area contributed by atoms with E-state index in [-0.39, 0.29) is 10.8 Å². The first-order valence-electron chi connectivity index (χ1n) is 11.4. The maximum atomic E-state index is 13.1. The summed E-state index contributed by atoms with van der Waals surface area (Å²) in [5, 5.41) is 3.43. The number of carbonyl (C=O) groups excluding carboxylic acids is 1. The number of hydrogen-bond donors (Lipinski definition) is 1.